The van der Waals surface area contributed by atoms with Crippen molar-refractivity contribution in [3.8, 4) is 0 Å². The van der Waals surface area contributed by atoms with E-state index in [0.29, 0.717) is 22.8 Å². The number of fused-ring (bicyclic) bond motifs is 1. The summed E-state index contributed by atoms with van der Waals surface area (Å²) in [6, 6.07) is 0. The quantitative estimate of drug-likeness (QED) is 0.671. The van der Waals surface area contributed by atoms with Crippen molar-refractivity contribution in [2.45, 2.75) is 25.9 Å². The first-order chi connectivity index (χ1) is 11.2. The zero-order valence-corrected chi connectivity index (χ0v) is 15.2. The SMILES string of the molecule is CN(C)c1nc(NCC(F)F)nc2cnc(NCC(C)(C)O)nc12.Cl. The number of nitrogens with one attached hydrogen (secondary N) is 2. The van der Waals surface area contributed by atoms with Crippen LogP contribution in [0.5, 0.6) is 0 Å². The predicted octanol–water partition coefficient (Wildman–Crippen LogP) is 1.77. The number of aromatic nitrogens is 4. The average Bonchev–Trinajstić information content (AvgIpc) is 2.49. The van der Waals surface area contributed by atoms with Crippen LogP contribution in [-0.2, 0) is 0 Å². The summed E-state index contributed by atoms with van der Waals surface area (Å²) in [6.07, 6.45) is -1.02. The Bertz CT molecular complexity index is 709. The average molecular weight is 378 g/mol. The van der Waals surface area contributed by atoms with Crippen LogP contribution in [0.25, 0.3) is 11.0 Å². The third-order valence-electron chi connectivity index (χ3n) is 2.94. The lowest BCUT2D eigenvalue weighted by atomic mass is 10.1. The van der Waals surface area contributed by atoms with Crippen LogP contribution >= 0.6 is 12.4 Å². The zero-order chi connectivity index (χ0) is 17.9. The normalized spacial score (nSPS) is 11.4. The van der Waals surface area contributed by atoms with Gasteiger partial charge in [0, 0.05) is 20.6 Å². The molecule has 0 aliphatic rings. The lowest BCUT2D eigenvalue weighted by Crippen LogP contribution is -2.30. The smallest absolute Gasteiger partial charge is 0.255 e. The molecule has 140 valence electrons. The van der Waals surface area contributed by atoms with Crippen LogP contribution in [0.3, 0.4) is 0 Å². The second kappa shape index (κ2) is 8.34. The molecule has 0 aromatic carbocycles. The van der Waals surface area contributed by atoms with Gasteiger partial charge >= 0.3 is 0 Å². The third kappa shape index (κ3) is 6.05. The maximum absolute atomic E-state index is 12.3. The molecule has 3 N–H and O–H groups in total. The Morgan fingerprint density at radius 3 is 2.40 bits per heavy atom. The molecule has 8 nitrogen and oxygen atoms in total. The number of aliphatic hydroxyl groups is 1. The van der Waals surface area contributed by atoms with E-state index in [-0.39, 0.29) is 24.9 Å². The fourth-order valence-corrected chi connectivity index (χ4v) is 1.85. The van der Waals surface area contributed by atoms with E-state index in [1.54, 1.807) is 32.8 Å². The highest BCUT2D eigenvalue weighted by Gasteiger charge is 2.16. The molecular weight excluding hydrogens is 356 g/mol. The highest BCUT2D eigenvalue weighted by molar-refractivity contribution is 5.86. The van der Waals surface area contributed by atoms with E-state index in [9.17, 15) is 13.9 Å². The highest BCUT2D eigenvalue weighted by Crippen LogP contribution is 2.23. The molecule has 25 heavy (non-hydrogen) atoms. The predicted molar refractivity (Wildman–Crippen MR) is 96.0 cm³/mol. The summed E-state index contributed by atoms with van der Waals surface area (Å²) in [5, 5.41) is 15.2. The van der Waals surface area contributed by atoms with Crippen LogP contribution < -0.4 is 15.5 Å². The first-order valence-corrected chi connectivity index (χ1v) is 7.36. The van der Waals surface area contributed by atoms with Crippen molar-refractivity contribution in [1.82, 2.24) is 19.9 Å². The summed E-state index contributed by atoms with van der Waals surface area (Å²) >= 11 is 0. The van der Waals surface area contributed by atoms with Crippen molar-refractivity contribution in [2.24, 2.45) is 0 Å². The van der Waals surface area contributed by atoms with Gasteiger partial charge in [-0.1, -0.05) is 0 Å². The molecule has 0 aliphatic heterocycles. The Balaban J connectivity index is 0.00000312. The molecule has 0 fully saturated rings. The van der Waals surface area contributed by atoms with Gasteiger partial charge in [-0.25, -0.2) is 23.7 Å². The molecule has 0 spiro atoms. The number of halogens is 3. The molecule has 2 aromatic rings. The topological polar surface area (TPSA) is 99.1 Å². The minimum Gasteiger partial charge on any atom is -0.389 e. The summed E-state index contributed by atoms with van der Waals surface area (Å²) in [4.78, 5) is 18.6. The molecule has 0 atom stereocenters. The van der Waals surface area contributed by atoms with E-state index >= 15 is 0 Å². The van der Waals surface area contributed by atoms with E-state index < -0.39 is 18.6 Å². The number of alkyl halides is 2. The Morgan fingerprint density at radius 1 is 1.16 bits per heavy atom. The maximum Gasteiger partial charge on any atom is 0.255 e. The van der Waals surface area contributed by atoms with Crippen molar-refractivity contribution < 1.29 is 13.9 Å². The van der Waals surface area contributed by atoms with Crippen molar-refractivity contribution in [2.75, 3.05) is 42.7 Å². The molecule has 0 radical (unpaired) electrons. The molecule has 0 saturated heterocycles. The fourth-order valence-electron chi connectivity index (χ4n) is 1.85. The van der Waals surface area contributed by atoms with Crippen molar-refractivity contribution in [3.63, 3.8) is 0 Å². The fraction of sp³-hybridized carbons (Fsp3) is 0.571. The van der Waals surface area contributed by atoms with Gasteiger partial charge in [0.25, 0.3) is 6.43 Å². The van der Waals surface area contributed by atoms with Crippen LogP contribution in [0.4, 0.5) is 26.5 Å². The summed E-state index contributed by atoms with van der Waals surface area (Å²) in [5.41, 5.74) is -0.00229. The Kier molecular flexibility index (Phi) is 7.00. The first kappa shape index (κ1) is 21.0. The molecule has 2 aromatic heterocycles. The standard InChI is InChI=1S/C14H21F2N7O.ClH/c1-14(2,24)7-19-12-17-5-8-10(21-12)11(23(3)4)22-13(20-8)18-6-9(15)16;/h5,9,24H,6-7H2,1-4H3,(H,17,19,21)(H,18,20,22);1H. The van der Waals surface area contributed by atoms with E-state index in [2.05, 4.69) is 30.6 Å². The lowest BCUT2D eigenvalue weighted by molar-refractivity contribution is 0.0943. The molecule has 0 saturated carbocycles. The number of nitrogens with zero attached hydrogens (tertiary/aromatic N) is 5. The van der Waals surface area contributed by atoms with Gasteiger partial charge in [-0.15, -0.1) is 12.4 Å². The molecule has 0 bridgehead atoms. The summed E-state index contributed by atoms with van der Waals surface area (Å²) in [7, 11) is 3.54. The maximum atomic E-state index is 12.3. The van der Waals surface area contributed by atoms with E-state index in [1.165, 1.54) is 6.20 Å². The van der Waals surface area contributed by atoms with Crippen LogP contribution in [0.1, 0.15) is 13.8 Å². The molecule has 2 rings (SSSR count). The van der Waals surface area contributed by atoms with E-state index in [4.69, 9.17) is 0 Å². The van der Waals surface area contributed by atoms with E-state index in [0.717, 1.165) is 0 Å². The van der Waals surface area contributed by atoms with Gasteiger partial charge in [0.05, 0.1) is 18.3 Å². The van der Waals surface area contributed by atoms with Crippen molar-refractivity contribution in [3.05, 3.63) is 6.20 Å². The van der Waals surface area contributed by atoms with E-state index in [1.807, 2.05) is 0 Å². The molecule has 0 unspecified atom stereocenters. The molecule has 0 aliphatic carbocycles. The largest absolute Gasteiger partial charge is 0.389 e. The Morgan fingerprint density at radius 2 is 1.84 bits per heavy atom. The van der Waals surface area contributed by atoms with Gasteiger partial charge in [-0.2, -0.15) is 4.98 Å². The minimum absolute atomic E-state index is 0. The van der Waals surface area contributed by atoms with Crippen molar-refractivity contribution >= 4 is 41.2 Å². The minimum atomic E-state index is -2.50. The Labute approximate surface area is 150 Å². The van der Waals surface area contributed by atoms with Crippen molar-refractivity contribution in [1.29, 1.82) is 0 Å². The van der Waals surface area contributed by atoms with Crippen LogP contribution in [0, 0.1) is 0 Å². The van der Waals surface area contributed by atoms with Gasteiger partial charge in [0.2, 0.25) is 11.9 Å². The number of rotatable bonds is 7. The number of anilines is 3. The van der Waals surface area contributed by atoms with Gasteiger partial charge in [0.15, 0.2) is 5.82 Å². The third-order valence-corrected chi connectivity index (χ3v) is 2.94. The van der Waals surface area contributed by atoms with Gasteiger partial charge in [0.1, 0.15) is 11.0 Å². The molecule has 0 amide bonds. The number of hydrogen-bond acceptors (Lipinski definition) is 8. The highest BCUT2D eigenvalue weighted by atomic mass is 35.5. The second-order valence-corrected chi connectivity index (χ2v) is 6.13. The lowest BCUT2D eigenvalue weighted by Gasteiger charge is -2.18. The van der Waals surface area contributed by atoms with Gasteiger partial charge in [-0.05, 0) is 13.8 Å². The van der Waals surface area contributed by atoms with Gasteiger partial charge in [-0.3, -0.25) is 0 Å². The van der Waals surface area contributed by atoms with Crippen LogP contribution in [-0.4, -0.2) is 64.3 Å². The van der Waals surface area contributed by atoms with Crippen LogP contribution in [0.2, 0.25) is 0 Å². The Hall–Kier alpha value is -2.07. The summed E-state index contributed by atoms with van der Waals surface area (Å²) in [5.74, 6) is 0.891. The summed E-state index contributed by atoms with van der Waals surface area (Å²) in [6.45, 7) is 3.06. The molecule has 2 heterocycles. The summed E-state index contributed by atoms with van der Waals surface area (Å²) < 4.78 is 24.7. The van der Waals surface area contributed by atoms with Gasteiger partial charge < -0.3 is 20.6 Å². The monoisotopic (exact) mass is 377 g/mol. The molecule has 11 heteroatoms. The molecular formula is C14H22ClF2N7O. The number of hydrogen-bond donors (Lipinski definition) is 3. The first-order valence-electron chi connectivity index (χ1n) is 7.36. The van der Waals surface area contributed by atoms with Crippen LogP contribution in [0.15, 0.2) is 6.20 Å². The second-order valence-electron chi connectivity index (χ2n) is 6.13. The zero-order valence-electron chi connectivity index (χ0n) is 14.4.